The lowest BCUT2D eigenvalue weighted by atomic mass is 9.86. The standard InChI is InChI=1S/C27H28FNO4/c1-5-32-24-13-19-14-26(30)29(20-10-7-17(3)23(28)15-20)27(22(19)16-25(24)33-6-2)18-8-11-21(31-4)12-9-18/h7-13,15-16,27H,5-6,14H2,1-4H3/t27-/m1/s1. The Kier molecular flexibility index (Phi) is 6.54. The van der Waals surface area contributed by atoms with Crippen molar-refractivity contribution in [1.82, 2.24) is 0 Å². The van der Waals surface area contributed by atoms with Crippen molar-refractivity contribution in [3.8, 4) is 17.2 Å². The molecule has 172 valence electrons. The maximum Gasteiger partial charge on any atom is 0.232 e. The lowest BCUT2D eigenvalue weighted by molar-refractivity contribution is -0.118. The van der Waals surface area contributed by atoms with Crippen LogP contribution in [0.15, 0.2) is 54.6 Å². The highest BCUT2D eigenvalue weighted by molar-refractivity contribution is 5.98. The largest absolute Gasteiger partial charge is 0.497 e. The van der Waals surface area contributed by atoms with Crippen LogP contribution in [0.25, 0.3) is 0 Å². The molecule has 1 aliphatic heterocycles. The van der Waals surface area contributed by atoms with Gasteiger partial charge in [0.2, 0.25) is 5.91 Å². The molecule has 1 heterocycles. The molecule has 0 N–H and O–H groups in total. The molecular formula is C27H28FNO4. The second-order valence-electron chi connectivity index (χ2n) is 7.91. The summed E-state index contributed by atoms with van der Waals surface area (Å²) in [6, 6.07) is 15.9. The predicted octanol–water partition coefficient (Wildman–Crippen LogP) is 5.62. The Labute approximate surface area is 193 Å². The van der Waals surface area contributed by atoms with E-state index in [1.807, 2.05) is 50.2 Å². The number of hydrogen-bond acceptors (Lipinski definition) is 4. The topological polar surface area (TPSA) is 48.0 Å². The smallest absolute Gasteiger partial charge is 0.232 e. The second kappa shape index (κ2) is 9.53. The molecule has 1 atom stereocenters. The molecule has 0 saturated carbocycles. The number of amides is 1. The number of methoxy groups -OCH3 is 1. The summed E-state index contributed by atoms with van der Waals surface area (Å²) >= 11 is 0. The molecule has 6 heteroatoms. The van der Waals surface area contributed by atoms with E-state index in [2.05, 4.69) is 0 Å². The molecule has 3 aromatic rings. The minimum Gasteiger partial charge on any atom is -0.497 e. The molecule has 0 spiro atoms. The summed E-state index contributed by atoms with van der Waals surface area (Å²) in [4.78, 5) is 15.1. The Balaban J connectivity index is 1.92. The quantitative estimate of drug-likeness (QED) is 0.470. The van der Waals surface area contributed by atoms with Gasteiger partial charge in [0.25, 0.3) is 0 Å². The number of anilines is 1. The van der Waals surface area contributed by atoms with Crippen molar-refractivity contribution >= 4 is 11.6 Å². The van der Waals surface area contributed by atoms with Gasteiger partial charge in [-0.15, -0.1) is 0 Å². The highest BCUT2D eigenvalue weighted by Crippen LogP contribution is 2.43. The molecule has 0 aromatic heterocycles. The van der Waals surface area contributed by atoms with E-state index in [0.717, 1.165) is 22.4 Å². The predicted molar refractivity (Wildman–Crippen MR) is 126 cm³/mol. The van der Waals surface area contributed by atoms with Gasteiger partial charge in [0.15, 0.2) is 11.5 Å². The number of nitrogens with zero attached hydrogens (tertiary/aromatic N) is 1. The normalized spacial score (nSPS) is 15.2. The van der Waals surface area contributed by atoms with Gasteiger partial charge in [-0.3, -0.25) is 4.79 Å². The van der Waals surface area contributed by atoms with Crippen molar-refractivity contribution in [1.29, 1.82) is 0 Å². The van der Waals surface area contributed by atoms with Crippen LogP contribution in [0.4, 0.5) is 10.1 Å². The molecule has 0 unspecified atom stereocenters. The maximum atomic E-state index is 14.5. The molecule has 0 bridgehead atoms. The first-order chi connectivity index (χ1) is 16.0. The van der Waals surface area contributed by atoms with Gasteiger partial charge >= 0.3 is 0 Å². The molecule has 33 heavy (non-hydrogen) atoms. The molecule has 3 aromatic carbocycles. The zero-order valence-electron chi connectivity index (χ0n) is 19.4. The molecule has 0 fully saturated rings. The van der Waals surface area contributed by atoms with E-state index in [9.17, 15) is 9.18 Å². The van der Waals surface area contributed by atoms with Gasteiger partial charge in [-0.25, -0.2) is 4.39 Å². The van der Waals surface area contributed by atoms with Crippen molar-refractivity contribution < 1.29 is 23.4 Å². The van der Waals surface area contributed by atoms with Crippen LogP contribution in [0.2, 0.25) is 0 Å². The summed E-state index contributed by atoms with van der Waals surface area (Å²) < 4.78 is 31.5. The molecule has 0 aliphatic carbocycles. The molecule has 1 aliphatic rings. The zero-order valence-corrected chi connectivity index (χ0v) is 19.4. The number of aryl methyl sites for hydroxylation is 1. The first kappa shape index (κ1) is 22.6. The molecule has 0 saturated heterocycles. The van der Waals surface area contributed by atoms with Gasteiger partial charge in [-0.1, -0.05) is 18.2 Å². The van der Waals surface area contributed by atoms with Crippen molar-refractivity contribution in [2.75, 3.05) is 25.2 Å². The van der Waals surface area contributed by atoms with Gasteiger partial charge in [0.1, 0.15) is 11.6 Å². The van der Waals surface area contributed by atoms with E-state index in [-0.39, 0.29) is 18.1 Å². The van der Waals surface area contributed by atoms with E-state index >= 15 is 0 Å². The van der Waals surface area contributed by atoms with Gasteiger partial charge in [0, 0.05) is 5.69 Å². The summed E-state index contributed by atoms with van der Waals surface area (Å²) in [5, 5.41) is 0. The third kappa shape index (κ3) is 4.38. The Bertz CT molecular complexity index is 1160. The Morgan fingerprint density at radius 3 is 2.24 bits per heavy atom. The number of rotatable bonds is 7. The molecule has 0 radical (unpaired) electrons. The Morgan fingerprint density at radius 2 is 1.64 bits per heavy atom. The zero-order chi connectivity index (χ0) is 23.5. The fourth-order valence-corrected chi connectivity index (χ4v) is 4.23. The fraction of sp³-hybridized carbons (Fsp3) is 0.296. The van der Waals surface area contributed by atoms with Crippen molar-refractivity contribution in [3.63, 3.8) is 0 Å². The van der Waals surface area contributed by atoms with Crippen LogP contribution in [0, 0.1) is 12.7 Å². The lowest BCUT2D eigenvalue weighted by Crippen LogP contribution is -2.41. The average Bonchev–Trinajstić information content (AvgIpc) is 2.81. The first-order valence-electron chi connectivity index (χ1n) is 11.1. The summed E-state index contributed by atoms with van der Waals surface area (Å²) in [5.74, 6) is 1.51. The first-order valence-corrected chi connectivity index (χ1v) is 11.1. The molecule has 5 nitrogen and oxygen atoms in total. The van der Waals surface area contributed by atoms with Crippen molar-refractivity contribution in [2.45, 2.75) is 33.2 Å². The van der Waals surface area contributed by atoms with Crippen molar-refractivity contribution in [2.24, 2.45) is 0 Å². The number of hydrogen-bond donors (Lipinski definition) is 0. The summed E-state index contributed by atoms with van der Waals surface area (Å²) in [5.41, 5.74) is 3.73. The summed E-state index contributed by atoms with van der Waals surface area (Å²) in [6.07, 6.45) is 0.184. The number of halogens is 1. The number of ether oxygens (including phenoxy) is 3. The average molecular weight is 450 g/mol. The van der Waals surface area contributed by atoms with Crippen LogP contribution in [-0.2, 0) is 11.2 Å². The fourth-order valence-electron chi connectivity index (χ4n) is 4.23. The van der Waals surface area contributed by atoms with Crippen LogP contribution in [0.5, 0.6) is 17.2 Å². The highest BCUT2D eigenvalue weighted by Gasteiger charge is 2.36. The third-order valence-electron chi connectivity index (χ3n) is 5.83. The van der Waals surface area contributed by atoms with Crippen LogP contribution in [-0.4, -0.2) is 26.2 Å². The van der Waals surface area contributed by atoms with Gasteiger partial charge in [-0.05, 0) is 79.4 Å². The number of benzene rings is 3. The number of fused-ring (bicyclic) bond motifs is 1. The monoisotopic (exact) mass is 449 g/mol. The van der Waals surface area contributed by atoms with Gasteiger partial charge in [0.05, 0.1) is 32.8 Å². The third-order valence-corrected chi connectivity index (χ3v) is 5.83. The SMILES string of the molecule is CCOc1cc2c(cc1OCC)[C@@H](c1ccc(OC)cc1)N(c1ccc(C)c(F)c1)C(=O)C2. The summed E-state index contributed by atoms with van der Waals surface area (Å²) in [6.45, 7) is 6.51. The highest BCUT2D eigenvalue weighted by atomic mass is 19.1. The second-order valence-corrected chi connectivity index (χ2v) is 7.91. The van der Waals surface area contributed by atoms with E-state index in [4.69, 9.17) is 14.2 Å². The molecular weight excluding hydrogens is 421 g/mol. The van der Waals surface area contributed by atoms with Crippen LogP contribution in [0.3, 0.4) is 0 Å². The van der Waals surface area contributed by atoms with Gasteiger partial charge < -0.3 is 19.1 Å². The van der Waals surface area contributed by atoms with E-state index < -0.39 is 6.04 Å². The van der Waals surface area contributed by atoms with Crippen LogP contribution in [0.1, 0.15) is 42.1 Å². The maximum absolute atomic E-state index is 14.5. The molecule has 4 rings (SSSR count). The minimum atomic E-state index is -0.454. The van der Waals surface area contributed by atoms with E-state index in [1.165, 1.54) is 6.07 Å². The minimum absolute atomic E-state index is 0.113. The number of carbonyl (C=O) groups excluding carboxylic acids is 1. The lowest BCUT2D eigenvalue weighted by Gasteiger charge is -2.38. The van der Waals surface area contributed by atoms with Crippen molar-refractivity contribution in [3.05, 3.63) is 82.7 Å². The Morgan fingerprint density at radius 1 is 0.970 bits per heavy atom. The van der Waals surface area contributed by atoms with Crippen LogP contribution < -0.4 is 19.1 Å². The van der Waals surface area contributed by atoms with E-state index in [1.54, 1.807) is 31.1 Å². The van der Waals surface area contributed by atoms with Gasteiger partial charge in [-0.2, -0.15) is 0 Å². The number of carbonyl (C=O) groups is 1. The Hall–Kier alpha value is -3.54. The van der Waals surface area contributed by atoms with Crippen LogP contribution >= 0.6 is 0 Å². The molecule has 1 amide bonds. The van der Waals surface area contributed by atoms with E-state index in [0.29, 0.717) is 36.0 Å². The summed E-state index contributed by atoms with van der Waals surface area (Å²) in [7, 11) is 1.61.